The number of carbonyl (C=O) groups is 2. The van der Waals surface area contributed by atoms with E-state index in [2.05, 4.69) is 26.6 Å². The van der Waals surface area contributed by atoms with Crippen molar-refractivity contribution in [2.24, 2.45) is 0 Å². The molecule has 0 aliphatic carbocycles. The van der Waals surface area contributed by atoms with Crippen LogP contribution in [0.15, 0.2) is 53.0 Å². The van der Waals surface area contributed by atoms with Gasteiger partial charge in [0.1, 0.15) is 11.8 Å². The number of thioether (sulfide) groups is 1. The highest BCUT2D eigenvalue weighted by Crippen LogP contribution is 2.16. The predicted molar refractivity (Wildman–Crippen MR) is 123 cm³/mol. The van der Waals surface area contributed by atoms with E-state index in [0.29, 0.717) is 36.0 Å². The molecule has 0 heterocycles. The van der Waals surface area contributed by atoms with Crippen LogP contribution in [0.1, 0.15) is 28.8 Å². The molecule has 1 unspecified atom stereocenters. The summed E-state index contributed by atoms with van der Waals surface area (Å²) in [6.07, 6.45) is 3.24. The molecule has 2 rings (SSSR count). The van der Waals surface area contributed by atoms with Crippen LogP contribution in [-0.4, -0.2) is 43.0 Å². The maximum Gasteiger partial charge on any atom is 0.253 e. The summed E-state index contributed by atoms with van der Waals surface area (Å²) in [4.78, 5) is 25.1. The summed E-state index contributed by atoms with van der Waals surface area (Å²) < 4.78 is 6.40. The normalized spacial score (nSPS) is 11.6. The lowest BCUT2D eigenvalue weighted by atomic mass is 10.1. The molecule has 0 fully saturated rings. The molecule has 1 atom stereocenters. The number of ether oxygens (including phenoxy) is 1. The van der Waals surface area contributed by atoms with Crippen LogP contribution in [0.3, 0.4) is 0 Å². The average molecular weight is 479 g/mol. The van der Waals surface area contributed by atoms with E-state index in [9.17, 15) is 9.59 Å². The molecule has 0 radical (unpaired) electrons. The second kappa shape index (κ2) is 12.5. The number of halogens is 1. The predicted octanol–water partition coefficient (Wildman–Crippen LogP) is 4.19. The third-order valence-corrected chi connectivity index (χ3v) is 5.57. The highest BCUT2D eigenvalue weighted by atomic mass is 79.9. The second-order valence-corrected chi connectivity index (χ2v) is 8.44. The van der Waals surface area contributed by atoms with E-state index in [0.717, 1.165) is 17.1 Å². The molecule has 29 heavy (non-hydrogen) atoms. The quantitative estimate of drug-likeness (QED) is 0.475. The van der Waals surface area contributed by atoms with Gasteiger partial charge in [0, 0.05) is 11.0 Å². The highest BCUT2D eigenvalue weighted by Gasteiger charge is 2.21. The maximum atomic E-state index is 12.6. The third kappa shape index (κ3) is 8.11. The fourth-order valence-corrected chi connectivity index (χ4v) is 3.62. The number of aryl methyl sites for hydroxylation is 1. The highest BCUT2D eigenvalue weighted by molar-refractivity contribution is 9.10. The molecular weight excluding hydrogens is 452 g/mol. The SMILES string of the molecule is CSCCC(NC(=O)c1ccccc1Br)C(=O)NCCCOc1cccc(C)c1. The minimum Gasteiger partial charge on any atom is -0.494 e. The van der Waals surface area contributed by atoms with Crippen molar-refractivity contribution >= 4 is 39.5 Å². The fourth-order valence-electron chi connectivity index (χ4n) is 2.69. The zero-order valence-corrected chi connectivity index (χ0v) is 19.1. The van der Waals surface area contributed by atoms with E-state index in [1.54, 1.807) is 30.0 Å². The summed E-state index contributed by atoms with van der Waals surface area (Å²) in [5, 5.41) is 5.76. The topological polar surface area (TPSA) is 67.4 Å². The van der Waals surface area contributed by atoms with Gasteiger partial charge in [0.25, 0.3) is 5.91 Å². The molecular formula is C22H27BrN2O3S. The van der Waals surface area contributed by atoms with Gasteiger partial charge < -0.3 is 15.4 Å². The Labute approximate surface area is 185 Å². The zero-order chi connectivity index (χ0) is 21.1. The summed E-state index contributed by atoms with van der Waals surface area (Å²) in [5.74, 6) is 1.18. The molecule has 0 aliphatic heterocycles. The number of hydrogen-bond donors (Lipinski definition) is 2. The van der Waals surface area contributed by atoms with Crippen molar-refractivity contribution < 1.29 is 14.3 Å². The smallest absolute Gasteiger partial charge is 0.253 e. The first-order valence-electron chi connectivity index (χ1n) is 9.52. The van der Waals surface area contributed by atoms with Gasteiger partial charge >= 0.3 is 0 Å². The standard InChI is InChI=1S/C22H27BrN2O3S/c1-16-7-5-8-17(15-16)28-13-6-12-24-22(27)20(11-14-29-2)25-21(26)18-9-3-4-10-19(18)23/h3-5,7-10,15,20H,6,11-14H2,1-2H3,(H,24,27)(H,25,26). The molecule has 0 spiro atoms. The number of hydrogen-bond acceptors (Lipinski definition) is 4. The molecule has 7 heteroatoms. The largest absolute Gasteiger partial charge is 0.494 e. The Morgan fingerprint density at radius 2 is 1.97 bits per heavy atom. The van der Waals surface area contributed by atoms with Crippen molar-refractivity contribution in [1.82, 2.24) is 10.6 Å². The van der Waals surface area contributed by atoms with Crippen molar-refractivity contribution in [3.8, 4) is 5.75 Å². The number of amides is 2. The summed E-state index contributed by atoms with van der Waals surface area (Å²) in [5.41, 5.74) is 1.66. The second-order valence-electron chi connectivity index (χ2n) is 6.60. The maximum absolute atomic E-state index is 12.6. The molecule has 0 aliphatic rings. The van der Waals surface area contributed by atoms with Crippen LogP contribution in [0.25, 0.3) is 0 Å². The molecule has 2 aromatic rings. The van der Waals surface area contributed by atoms with Crippen LogP contribution in [0.5, 0.6) is 5.75 Å². The first kappa shape index (κ1) is 23.3. The number of rotatable bonds is 11. The van der Waals surface area contributed by atoms with Gasteiger partial charge in [-0.25, -0.2) is 0 Å². The van der Waals surface area contributed by atoms with E-state index in [4.69, 9.17) is 4.74 Å². The van der Waals surface area contributed by atoms with Crippen LogP contribution in [-0.2, 0) is 4.79 Å². The first-order chi connectivity index (χ1) is 14.0. The Balaban J connectivity index is 1.81. The molecule has 2 N–H and O–H groups in total. The van der Waals surface area contributed by atoms with Crippen molar-refractivity contribution in [2.45, 2.75) is 25.8 Å². The van der Waals surface area contributed by atoms with Gasteiger partial charge in [-0.05, 0) is 77.5 Å². The third-order valence-electron chi connectivity index (χ3n) is 4.23. The van der Waals surface area contributed by atoms with Crippen molar-refractivity contribution in [1.29, 1.82) is 0 Å². The lowest BCUT2D eigenvalue weighted by Crippen LogP contribution is -2.47. The van der Waals surface area contributed by atoms with Crippen LogP contribution in [0.4, 0.5) is 0 Å². The van der Waals surface area contributed by atoms with Crippen molar-refractivity contribution in [2.75, 3.05) is 25.2 Å². The summed E-state index contributed by atoms with van der Waals surface area (Å²) in [7, 11) is 0. The minimum absolute atomic E-state index is 0.171. The van der Waals surface area contributed by atoms with E-state index in [-0.39, 0.29) is 11.8 Å². The summed E-state index contributed by atoms with van der Waals surface area (Å²) in [6, 6.07) is 14.5. The molecule has 0 saturated carbocycles. The number of carbonyl (C=O) groups excluding carboxylic acids is 2. The van der Waals surface area contributed by atoms with Gasteiger partial charge in [0.05, 0.1) is 12.2 Å². The average Bonchev–Trinajstić information content (AvgIpc) is 2.71. The molecule has 5 nitrogen and oxygen atoms in total. The van der Waals surface area contributed by atoms with E-state index in [1.165, 1.54) is 0 Å². The van der Waals surface area contributed by atoms with Crippen LogP contribution < -0.4 is 15.4 Å². The minimum atomic E-state index is -0.570. The molecule has 2 aromatic carbocycles. The number of benzene rings is 2. The first-order valence-corrected chi connectivity index (χ1v) is 11.7. The van der Waals surface area contributed by atoms with Gasteiger partial charge in [0.2, 0.25) is 5.91 Å². The van der Waals surface area contributed by atoms with Gasteiger partial charge in [0.15, 0.2) is 0 Å². The lowest BCUT2D eigenvalue weighted by Gasteiger charge is -2.18. The van der Waals surface area contributed by atoms with Gasteiger partial charge in [-0.2, -0.15) is 11.8 Å². The van der Waals surface area contributed by atoms with E-state index >= 15 is 0 Å². The Bertz CT molecular complexity index is 816. The van der Waals surface area contributed by atoms with E-state index in [1.807, 2.05) is 43.5 Å². The molecule has 0 saturated heterocycles. The van der Waals surface area contributed by atoms with Gasteiger partial charge in [-0.1, -0.05) is 24.3 Å². The van der Waals surface area contributed by atoms with Crippen LogP contribution in [0, 0.1) is 6.92 Å². The van der Waals surface area contributed by atoms with E-state index < -0.39 is 6.04 Å². The Morgan fingerprint density at radius 1 is 1.17 bits per heavy atom. The van der Waals surface area contributed by atoms with Gasteiger partial charge in [-0.3, -0.25) is 9.59 Å². The monoisotopic (exact) mass is 478 g/mol. The van der Waals surface area contributed by atoms with Crippen LogP contribution >= 0.6 is 27.7 Å². The Hall–Kier alpha value is -1.99. The van der Waals surface area contributed by atoms with Crippen molar-refractivity contribution in [3.05, 3.63) is 64.1 Å². The van der Waals surface area contributed by atoms with Crippen molar-refractivity contribution in [3.63, 3.8) is 0 Å². The summed E-state index contributed by atoms with van der Waals surface area (Å²) >= 11 is 5.02. The molecule has 156 valence electrons. The zero-order valence-electron chi connectivity index (χ0n) is 16.7. The number of nitrogens with one attached hydrogen (secondary N) is 2. The Morgan fingerprint density at radius 3 is 2.69 bits per heavy atom. The Kier molecular flexibility index (Phi) is 10.1. The summed E-state index contributed by atoms with van der Waals surface area (Å²) in [6.45, 7) is 3.03. The fraction of sp³-hybridized carbons (Fsp3) is 0.364. The molecule has 2 amide bonds. The molecule has 0 aromatic heterocycles. The lowest BCUT2D eigenvalue weighted by molar-refractivity contribution is -0.123. The molecule has 0 bridgehead atoms. The van der Waals surface area contributed by atoms with Crippen LogP contribution in [0.2, 0.25) is 0 Å². The van der Waals surface area contributed by atoms with Gasteiger partial charge in [-0.15, -0.1) is 0 Å².